The maximum absolute atomic E-state index is 12.9. The van der Waals surface area contributed by atoms with Crippen LogP contribution in [0.2, 0.25) is 0 Å². The van der Waals surface area contributed by atoms with Gasteiger partial charge >= 0.3 is 17.9 Å². The van der Waals surface area contributed by atoms with E-state index >= 15 is 0 Å². The summed E-state index contributed by atoms with van der Waals surface area (Å²) in [6.45, 7) is 6.20. The number of esters is 3. The fraction of sp³-hybridized carbons (Fsp3) is 0.548. The fourth-order valence-electron chi connectivity index (χ4n) is 7.84. The molecule has 0 aromatic rings. The summed E-state index contributed by atoms with van der Waals surface area (Å²) in [6.07, 6.45) is 97.5. The van der Waals surface area contributed by atoms with Crippen molar-refractivity contribution in [2.24, 2.45) is 0 Å². The largest absolute Gasteiger partial charge is 0.462 e. The van der Waals surface area contributed by atoms with Crippen LogP contribution in [0.3, 0.4) is 0 Å². The van der Waals surface area contributed by atoms with E-state index < -0.39 is 6.10 Å². The number of allylic oxidation sites excluding steroid dienone is 30. The molecule has 0 amide bonds. The Hall–Kier alpha value is -5.49. The lowest BCUT2D eigenvalue weighted by Crippen LogP contribution is -2.30. The highest BCUT2D eigenvalue weighted by atomic mass is 16.6. The molecule has 0 aliphatic heterocycles. The maximum Gasteiger partial charge on any atom is 0.306 e. The van der Waals surface area contributed by atoms with Crippen molar-refractivity contribution in [1.29, 1.82) is 0 Å². The summed E-state index contributed by atoms with van der Waals surface area (Å²) in [7, 11) is 0. The van der Waals surface area contributed by atoms with Crippen LogP contribution in [0.25, 0.3) is 0 Å². The molecular formula is C73H112O6. The van der Waals surface area contributed by atoms with Crippen molar-refractivity contribution >= 4 is 17.9 Å². The zero-order valence-corrected chi connectivity index (χ0v) is 50.3. The standard InChI is InChI=1S/C73H112O6/c1-4-7-10-13-16-19-22-25-28-31-34-36-39-42-45-48-51-54-57-60-63-66-72(75)78-69-70(68-77-71(74)65-62-59-56-53-50-47-44-41-38-33-30-27-24-21-18-15-12-9-6-3)79-73(76)67-64-61-58-55-52-49-46-43-40-37-35-32-29-26-23-20-17-14-11-8-5-2/h7-12,16-21,25-30,34-38,41-42,45,47,50,56,59,70H,4-6,13-15,22-24,31-33,39-40,43-44,46,48-49,51-55,57-58,60-69H2,1-3H3/b10-7-,11-8-,12-9-,19-16-,20-17-,21-18-,28-25-,29-26-,30-27-,36-34-,37-35-,41-38-,45-42-,50-47-,59-56-. The fourth-order valence-corrected chi connectivity index (χ4v) is 7.84. The van der Waals surface area contributed by atoms with E-state index in [9.17, 15) is 14.4 Å². The number of hydrogen-bond donors (Lipinski definition) is 0. The zero-order valence-electron chi connectivity index (χ0n) is 50.3. The van der Waals surface area contributed by atoms with Crippen LogP contribution in [0.1, 0.15) is 239 Å². The molecule has 1 atom stereocenters. The minimum Gasteiger partial charge on any atom is -0.462 e. The van der Waals surface area contributed by atoms with Gasteiger partial charge in [0.1, 0.15) is 13.2 Å². The third kappa shape index (κ3) is 63.2. The Kier molecular flexibility index (Phi) is 60.5. The SMILES string of the molecule is CC/C=C\C/C=C\C/C=C\C/C=C\C/C=C\C/C=C\CCC(=O)OCC(COC(=O)CCCCCCC/C=C\C/C=C\C/C=C\C/C=C\C/C=C\CC)OC(=O)CCCCCCCCCC/C=C\C/C=C\C/C=C\C/C=C\CC. The van der Waals surface area contributed by atoms with E-state index in [1.54, 1.807) is 0 Å². The maximum atomic E-state index is 12.9. The molecule has 0 aliphatic carbocycles. The molecule has 6 nitrogen and oxygen atoms in total. The minimum absolute atomic E-state index is 0.124. The average Bonchev–Trinajstić information content (AvgIpc) is 3.45. The minimum atomic E-state index is -0.834. The van der Waals surface area contributed by atoms with Gasteiger partial charge in [0, 0.05) is 19.3 Å². The van der Waals surface area contributed by atoms with Gasteiger partial charge in [-0.1, -0.05) is 261 Å². The van der Waals surface area contributed by atoms with E-state index in [0.29, 0.717) is 12.8 Å². The molecule has 0 aromatic heterocycles. The molecule has 0 spiro atoms. The van der Waals surface area contributed by atoms with Crippen molar-refractivity contribution in [2.45, 2.75) is 245 Å². The van der Waals surface area contributed by atoms with Crippen molar-refractivity contribution in [3.63, 3.8) is 0 Å². The van der Waals surface area contributed by atoms with Crippen LogP contribution in [0.4, 0.5) is 0 Å². The molecule has 0 saturated carbocycles. The van der Waals surface area contributed by atoms with Crippen LogP contribution in [-0.2, 0) is 28.6 Å². The lowest BCUT2D eigenvalue weighted by molar-refractivity contribution is -0.166. The van der Waals surface area contributed by atoms with E-state index in [1.807, 2.05) is 6.08 Å². The van der Waals surface area contributed by atoms with Gasteiger partial charge in [-0.25, -0.2) is 0 Å². The highest BCUT2D eigenvalue weighted by molar-refractivity contribution is 5.71. The van der Waals surface area contributed by atoms with Crippen LogP contribution >= 0.6 is 0 Å². The Morgan fingerprint density at radius 2 is 0.481 bits per heavy atom. The van der Waals surface area contributed by atoms with Gasteiger partial charge in [-0.05, 0) is 141 Å². The van der Waals surface area contributed by atoms with E-state index in [2.05, 4.69) is 197 Å². The van der Waals surface area contributed by atoms with Crippen LogP contribution in [-0.4, -0.2) is 37.2 Å². The van der Waals surface area contributed by atoms with Crippen LogP contribution in [0.5, 0.6) is 0 Å². The van der Waals surface area contributed by atoms with E-state index in [4.69, 9.17) is 14.2 Å². The third-order valence-corrected chi connectivity index (χ3v) is 12.4. The number of hydrogen-bond acceptors (Lipinski definition) is 6. The molecule has 0 radical (unpaired) electrons. The molecular weight excluding hydrogens is 973 g/mol. The second kappa shape index (κ2) is 65.0. The summed E-state index contributed by atoms with van der Waals surface area (Å²) in [5.74, 6) is -1.04. The summed E-state index contributed by atoms with van der Waals surface area (Å²) in [6, 6.07) is 0. The molecule has 0 aromatic carbocycles. The number of unbranched alkanes of at least 4 members (excludes halogenated alkanes) is 13. The van der Waals surface area contributed by atoms with Gasteiger partial charge in [0.05, 0.1) is 0 Å². The van der Waals surface area contributed by atoms with Gasteiger partial charge in [0.25, 0.3) is 0 Å². The predicted molar refractivity (Wildman–Crippen MR) is 343 cm³/mol. The molecule has 440 valence electrons. The summed E-state index contributed by atoms with van der Waals surface area (Å²) < 4.78 is 16.8. The molecule has 79 heavy (non-hydrogen) atoms. The summed E-state index contributed by atoms with van der Waals surface area (Å²) in [5, 5.41) is 0. The van der Waals surface area contributed by atoms with Crippen molar-refractivity contribution in [1.82, 2.24) is 0 Å². The monoisotopic (exact) mass is 1080 g/mol. The molecule has 6 heteroatoms. The molecule has 0 aliphatic rings. The lowest BCUT2D eigenvalue weighted by Gasteiger charge is -2.18. The van der Waals surface area contributed by atoms with Crippen LogP contribution in [0.15, 0.2) is 182 Å². The predicted octanol–water partition coefficient (Wildman–Crippen LogP) is 21.7. The van der Waals surface area contributed by atoms with Gasteiger partial charge in [0.2, 0.25) is 0 Å². The molecule has 0 fully saturated rings. The van der Waals surface area contributed by atoms with Crippen molar-refractivity contribution in [2.75, 3.05) is 13.2 Å². The molecule has 0 N–H and O–H groups in total. The average molecular weight is 1090 g/mol. The van der Waals surface area contributed by atoms with E-state index in [1.165, 1.54) is 25.7 Å². The first kappa shape index (κ1) is 73.5. The normalized spacial score (nSPS) is 13.4. The molecule has 0 saturated heterocycles. The molecule has 0 rings (SSSR count). The Balaban J connectivity index is 4.59. The van der Waals surface area contributed by atoms with Gasteiger partial charge in [-0.2, -0.15) is 0 Å². The summed E-state index contributed by atoms with van der Waals surface area (Å²) in [5.41, 5.74) is 0. The quantitative estimate of drug-likeness (QED) is 0.0261. The highest BCUT2D eigenvalue weighted by Crippen LogP contribution is 2.14. The lowest BCUT2D eigenvalue weighted by atomic mass is 10.1. The smallest absolute Gasteiger partial charge is 0.306 e. The van der Waals surface area contributed by atoms with Gasteiger partial charge < -0.3 is 14.2 Å². The Morgan fingerprint density at radius 3 is 0.785 bits per heavy atom. The van der Waals surface area contributed by atoms with E-state index in [0.717, 1.165) is 167 Å². The zero-order chi connectivity index (χ0) is 57.1. The first-order chi connectivity index (χ1) is 39.0. The number of carbonyl (C=O) groups excluding carboxylic acids is 3. The number of rotatable bonds is 54. The first-order valence-electron chi connectivity index (χ1n) is 31.3. The summed E-state index contributed by atoms with van der Waals surface area (Å²) >= 11 is 0. The highest BCUT2D eigenvalue weighted by Gasteiger charge is 2.19. The molecule has 0 bridgehead atoms. The second-order valence-electron chi connectivity index (χ2n) is 19.8. The van der Waals surface area contributed by atoms with Crippen LogP contribution in [0, 0.1) is 0 Å². The van der Waals surface area contributed by atoms with Gasteiger partial charge in [0.15, 0.2) is 6.10 Å². The van der Waals surface area contributed by atoms with Crippen LogP contribution < -0.4 is 0 Å². The topological polar surface area (TPSA) is 78.9 Å². The molecule has 0 heterocycles. The van der Waals surface area contributed by atoms with Gasteiger partial charge in [-0.15, -0.1) is 0 Å². The van der Waals surface area contributed by atoms with Crippen molar-refractivity contribution in [3.8, 4) is 0 Å². The first-order valence-corrected chi connectivity index (χ1v) is 31.3. The number of carbonyl (C=O) groups is 3. The Bertz CT molecular complexity index is 1870. The number of ether oxygens (including phenoxy) is 3. The van der Waals surface area contributed by atoms with E-state index in [-0.39, 0.29) is 44.0 Å². The third-order valence-electron chi connectivity index (χ3n) is 12.4. The second-order valence-corrected chi connectivity index (χ2v) is 19.8. The Morgan fingerprint density at radius 1 is 0.253 bits per heavy atom. The molecule has 1 unspecified atom stereocenters. The Labute approximate surface area is 484 Å². The van der Waals surface area contributed by atoms with Crippen molar-refractivity contribution in [3.05, 3.63) is 182 Å². The summed E-state index contributed by atoms with van der Waals surface area (Å²) in [4.78, 5) is 38.3. The van der Waals surface area contributed by atoms with Crippen molar-refractivity contribution < 1.29 is 28.6 Å². The van der Waals surface area contributed by atoms with Gasteiger partial charge in [-0.3, -0.25) is 14.4 Å².